The second-order valence-corrected chi connectivity index (χ2v) is 8.05. The standard InChI is InChI=1S/C26H29N3O3/c1-31-24-9-8-22(25(15-24)32-2)17-29-12-11-28-26(30)23(18-29)14-19-5-3-6-20(13-19)21-7-4-10-27-16-21/h3-10,13,15-16,23H,11-12,14,17-18H2,1-2H3,(H,28,30)/t23-/m1/s1. The molecule has 3 aromatic rings. The fourth-order valence-electron chi connectivity index (χ4n) is 4.19. The van der Waals surface area contributed by atoms with E-state index in [-0.39, 0.29) is 11.8 Å². The first-order valence-electron chi connectivity index (χ1n) is 10.9. The summed E-state index contributed by atoms with van der Waals surface area (Å²) in [7, 11) is 3.32. The van der Waals surface area contributed by atoms with Gasteiger partial charge in [-0.05, 0) is 35.2 Å². The van der Waals surface area contributed by atoms with Crippen LogP contribution < -0.4 is 14.8 Å². The summed E-state index contributed by atoms with van der Waals surface area (Å²) in [5.41, 5.74) is 4.42. The molecule has 0 radical (unpaired) electrons. The fraction of sp³-hybridized carbons (Fsp3) is 0.308. The van der Waals surface area contributed by atoms with E-state index in [1.807, 2.05) is 36.5 Å². The number of hydrogen-bond acceptors (Lipinski definition) is 5. The summed E-state index contributed by atoms with van der Waals surface area (Å²) in [5, 5.41) is 3.08. The van der Waals surface area contributed by atoms with Crippen LogP contribution in [0.4, 0.5) is 0 Å². The number of carbonyl (C=O) groups is 1. The highest BCUT2D eigenvalue weighted by molar-refractivity contribution is 5.79. The van der Waals surface area contributed by atoms with Crippen molar-refractivity contribution in [3.63, 3.8) is 0 Å². The van der Waals surface area contributed by atoms with E-state index in [0.29, 0.717) is 26.1 Å². The summed E-state index contributed by atoms with van der Waals surface area (Å²) in [6.07, 6.45) is 4.33. The number of aromatic nitrogens is 1. The minimum absolute atomic E-state index is 0.112. The third kappa shape index (κ3) is 5.26. The Kier molecular flexibility index (Phi) is 7.02. The van der Waals surface area contributed by atoms with Crippen LogP contribution in [0.5, 0.6) is 11.5 Å². The summed E-state index contributed by atoms with van der Waals surface area (Å²) in [6.45, 7) is 2.85. The lowest BCUT2D eigenvalue weighted by Crippen LogP contribution is -2.33. The first-order chi connectivity index (χ1) is 15.7. The van der Waals surface area contributed by atoms with Crippen molar-refractivity contribution in [2.24, 2.45) is 5.92 Å². The molecule has 1 amide bonds. The average molecular weight is 432 g/mol. The highest BCUT2D eigenvalue weighted by Crippen LogP contribution is 2.27. The van der Waals surface area contributed by atoms with Gasteiger partial charge in [0.05, 0.1) is 20.1 Å². The van der Waals surface area contributed by atoms with Crippen LogP contribution in [0.25, 0.3) is 11.1 Å². The summed E-state index contributed by atoms with van der Waals surface area (Å²) in [5.74, 6) is 1.56. The Hall–Kier alpha value is -3.38. The van der Waals surface area contributed by atoms with Crippen molar-refractivity contribution in [1.82, 2.24) is 15.2 Å². The van der Waals surface area contributed by atoms with Crippen LogP contribution in [0, 0.1) is 5.92 Å². The largest absolute Gasteiger partial charge is 0.497 e. The molecule has 1 N–H and O–H groups in total. The number of nitrogens with zero attached hydrogens (tertiary/aromatic N) is 2. The maximum atomic E-state index is 12.8. The zero-order valence-electron chi connectivity index (χ0n) is 18.6. The number of methoxy groups -OCH3 is 2. The molecule has 0 unspecified atom stereocenters. The van der Waals surface area contributed by atoms with Gasteiger partial charge >= 0.3 is 0 Å². The summed E-state index contributed by atoms with van der Waals surface area (Å²) in [4.78, 5) is 19.3. The van der Waals surface area contributed by atoms with Crippen molar-refractivity contribution in [3.05, 3.63) is 78.1 Å². The van der Waals surface area contributed by atoms with Gasteiger partial charge in [0.2, 0.25) is 5.91 Å². The summed E-state index contributed by atoms with van der Waals surface area (Å²) < 4.78 is 10.9. The minimum atomic E-state index is -0.120. The maximum absolute atomic E-state index is 12.8. The quantitative estimate of drug-likeness (QED) is 0.620. The average Bonchev–Trinajstić information content (AvgIpc) is 3.00. The lowest BCUT2D eigenvalue weighted by atomic mass is 9.95. The Balaban J connectivity index is 1.49. The van der Waals surface area contributed by atoms with E-state index in [2.05, 4.69) is 39.5 Å². The van der Waals surface area contributed by atoms with Crippen LogP contribution >= 0.6 is 0 Å². The third-order valence-electron chi connectivity index (χ3n) is 5.87. The molecule has 2 aromatic carbocycles. The van der Waals surface area contributed by atoms with Crippen LogP contribution in [-0.4, -0.2) is 49.6 Å². The molecule has 1 aliphatic heterocycles. The van der Waals surface area contributed by atoms with Crippen LogP contribution in [0.15, 0.2) is 67.0 Å². The second-order valence-electron chi connectivity index (χ2n) is 8.05. The molecule has 2 heterocycles. The predicted octanol–water partition coefficient (Wildman–Crippen LogP) is 3.56. The van der Waals surface area contributed by atoms with Gasteiger partial charge in [0.15, 0.2) is 0 Å². The molecule has 1 aliphatic rings. The summed E-state index contributed by atoms with van der Waals surface area (Å²) >= 11 is 0. The van der Waals surface area contributed by atoms with Gasteiger partial charge in [-0.1, -0.05) is 36.4 Å². The third-order valence-corrected chi connectivity index (χ3v) is 5.87. The number of carbonyl (C=O) groups excluding carboxylic acids is 1. The molecule has 0 aliphatic carbocycles. The number of nitrogens with one attached hydrogen (secondary N) is 1. The van der Waals surface area contributed by atoms with Crippen molar-refractivity contribution in [2.45, 2.75) is 13.0 Å². The van der Waals surface area contributed by atoms with Gasteiger partial charge in [-0.3, -0.25) is 14.7 Å². The zero-order chi connectivity index (χ0) is 22.3. The van der Waals surface area contributed by atoms with Gasteiger partial charge in [-0.15, -0.1) is 0 Å². The van der Waals surface area contributed by atoms with E-state index < -0.39 is 0 Å². The minimum Gasteiger partial charge on any atom is -0.497 e. The molecule has 1 atom stereocenters. The van der Waals surface area contributed by atoms with Crippen molar-refractivity contribution in [1.29, 1.82) is 0 Å². The van der Waals surface area contributed by atoms with Crippen molar-refractivity contribution in [2.75, 3.05) is 33.9 Å². The Morgan fingerprint density at radius 2 is 1.94 bits per heavy atom. The number of amides is 1. The van der Waals surface area contributed by atoms with E-state index in [1.54, 1.807) is 20.4 Å². The van der Waals surface area contributed by atoms with Gasteiger partial charge in [0.1, 0.15) is 11.5 Å². The Morgan fingerprint density at radius 3 is 2.72 bits per heavy atom. The highest BCUT2D eigenvalue weighted by Gasteiger charge is 2.26. The van der Waals surface area contributed by atoms with Crippen molar-refractivity contribution in [3.8, 4) is 22.6 Å². The maximum Gasteiger partial charge on any atom is 0.224 e. The molecule has 1 saturated heterocycles. The van der Waals surface area contributed by atoms with E-state index in [9.17, 15) is 4.79 Å². The molecule has 0 spiro atoms. The smallest absolute Gasteiger partial charge is 0.224 e. The highest BCUT2D eigenvalue weighted by atomic mass is 16.5. The molecule has 1 fully saturated rings. The molecule has 4 rings (SSSR count). The first kappa shape index (κ1) is 21.8. The molecule has 32 heavy (non-hydrogen) atoms. The van der Waals surface area contributed by atoms with E-state index >= 15 is 0 Å². The Labute approximate surface area is 189 Å². The zero-order valence-corrected chi connectivity index (χ0v) is 18.6. The van der Waals surface area contributed by atoms with E-state index in [0.717, 1.165) is 40.3 Å². The molecule has 6 nitrogen and oxygen atoms in total. The van der Waals surface area contributed by atoms with Gasteiger partial charge in [-0.25, -0.2) is 0 Å². The van der Waals surface area contributed by atoms with Crippen LogP contribution in [0.2, 0.25) is 0 Å². The van der Waals surface area contributed by atoms with Crippen molar-refractivity contribution >= 4 is 5.91 Å². The normalized spacial score (nSPS) is 16.8. The number of ether oxygens (including phenoxy) is 2. The van der Waals surface area contributed by atoms with Crippen LogP contribution in [0.3, 0.4) is 0 Å². The van der Waals surface area contributed by atoms with Crippen LogP contribution in [-0.2, 0) is 17.8 Å². The van der Waals surface area contributed by atoms with Gasteiger partial charge in [0, 0.05) is 50.2 Å². The number of pyridine rings is 1. The molecule has 166 valence electrons. The number of hydrogen-bond donors (Lipinski definition) is 1. The fourth-order valence-corrected chi connectivity index (χ4v) is 4.19. The number of rotatable bonds is 7. The van der Waals surface area contributed by atoms with Crippen LogP contribution in [0.1, 0.15) is 11.1 Å². The van der Waals surface area contributed by atoms with Gasteiger partial charge in [-0.2, -0.15) is 0 Å². The van der Waals surface area contributed by atoms with Crippen molar-refractivity contribution < 1.29 is 14.3 Å². The topological polar surface area (TPSA) is 63.7 Å². The van der Waals surface area contributed by atoms with Gasteiger partial charge < -0.3 is 14.8 Å². The van der Waals surface area contributed by atoms with E-state index in [1.165, 1.54) is 0 Å². The summed E-state index contributed by atoms with van der Waals surface area (Å²) in [6, 6.07) is 18.2. The molecular weight excluding hydrogens is 402 g/mol. The predicted molar refractivity (Wildman–Crippen MR) is 125 cm³/mol. The molecule has 6 heteroatoms. The van der Waals surface area contributed by atoms with Gasteiger partial charge in [0.25, 0.3) is 0 Å². The van der Waals surface area contributed by atoms with E-state index in [4.69, 9.17) is 9.47 Å². The second kappa shape index (κ2) is 10.3. The lowest BCUT2D eigenvalue weighted by Gasteiger charge is -2.24. The monoisotopic (exact) mass is 431 g/mol. The Morgan fingerprint density at radius 1 is 1.06 bits per heavy atom. The molecule has 1 aromatic heterocycles. The lowest BCUT2D eigenvalue weighted by molar-refractivity contribution is -0.124. The number of benzene rings is 2. The molecule has 0 saturated carbocycles. The SMILES string of the molecule is COc1ccc(CN2CCNC(=O)[C@H](Cc3cccc(-c4cccnc4)c3)C2)c(OC)c1. The molecule has 0 bridgehead atoms. The Bertz CT molecular complexity index is 1060. The molecular formula is C26H29N3O3. The first-order valence-corrected chi connectivity index (χ1v) is 10.9.